The van der Waals surface area contributed by atoms with E-state index in [9.17, 15) is 13.2 Å². The zero-order valence-corrected chi connectivity index (χ0v) is 13.8. The minimum absolute atomic E-state index is 0.0354. The topological polar surface area (TPSA) is 120 Å². The van der Waals surface area contributed by atoms with Crippen molar-refractivity contribution in [3.05, 3.63) is 29.7 Å². The van der Waals surface area contributed by atoms with Crippen molar-refractivity contribution in [2.45, 2.75) is 26.5 Å². The van der Waals surface area contributed by atoms with Crippen molar-refractivity contribution < 1.29 is 17.9 Å². The smallest absolute Gasteiger partial charge is 0.340 e. The molecular weight excluding hydrogens is 336 g/mol. The number of ether oxygens (including phenoxy) is 1. The largest absolute Gasteiger partial charge is 0.454 e. The number of aryl methyl sites for hydroxylation is 1. The van der Waals surface area contributed by atoms with Crippen molar-refractivity contribution in [3.63, 3.8) is 0 Å². The molecule has 0 saturated heterocycles. The highest BCUT2D eigenvalue weighted by atomic mass is 32.2. The van der Waals surface area contributed by atoms with E-state index in [0.29, 0.717) is 23.8 Å². The van der Waals surface area contributed by atoms with Gasteiger partial charge in [-0.15, -0.1) is 9.50 Å². The summed E-state index contributed by atoms with van der Waals surface area (Å²) in [5.74, 6) is 0.140. The van der Waals surface area contributed by atoms with Gasteiger partial charge in [-0.3, -0.25) is 0 Å². The molecule has 0 saturated carbocycles. The van der Waals surface area contributed by atoms with Crippen LogP contribution in [-0.4, -0.2) is 57.6 Å². The molecule has 0 amide bonds. The van der Waals surface area contributed by atoms with Crippen LogP contribution in [0.3, 0.4) is 0 Å². The second-order valence-corrected chi connectivity index (χ2v) is 7.00. The fraction of sp³-hybridized carbons (Fsp3) is 0.462. The number of fused-ring (bicyclic) bond motifs is 1. The third kappa shape index (κ3) is 3.50. The van der Waals surface area contributed by atoms with Gasteiger partial charge in [0.2, 0.25) is 0 Å². The maximum absolute atomic E-state index is 12.2. The number of hydrogen-bond donors (Lipinski definition) is 0. The molecule has 2 aliphatic heterocycles. The van der Waals surface area contributed by atoms with Crippen LogP contribution in [0.1, 0.15) is 19.2 Å². The van der Waals surface area contributed by atoms with Gasteiger partial charge in [0.1, 0.15) is 5.84 Å². The number of aromatic nitrogens is 4. The Labute approximate surface area is 138 Å². The average molecular weight is 352 g/mol. The Morgan fingerprint density at radius 3 is 3.00 bits per heavy atom. The van der Waals surface area contributed by atoms with Crippen LogP contribution in [0.2, 0.25) is 0 Å². The molecule has 10 nitrogen and oxygen atoms in total. The number of amidine groups is 1. The Bertz CT molecular complexity index is 838. The number of rotatable bonds is 5. The van der Waals surface area contributed by atoms with Gasteiger partial charge in [-0.2, -0.15) is 0 Å². The average Bonchev–Trinajstić information content (AvgIpc) is 2.99. The van der Waals surface area contributed by atoms with Crippen molar-refractivity contribution >= 4 is 21.8 Å². The Kier molecular flexibility index (Phi) is 4.42. The lowest BCUT2D eigenvalue weighted by Crippen LogP contribution is -2.37. The lowest BCUT2D eigenvalue weighted by atomic mass is 10.2. The predicted molar refractivity (Wildman–Crippen MR) is 83.1 cm³/mol. The molecule has 0 bridgehead atoms. The zero-order chi connectivity index (χ0) is 17.2. The van der Waals surface area contributed by atoms with Crippen molar-refractivity contribution in [1.82, 2.24) is 25.1 Å². The number of tetrazole rings is 1. The highest BCUT2D eigenvalue weighted by molar-refractivity contribution is 7.90. The van der Waals surface area contributed by atoms with Gasteiger partial charge in [0.05, 0.1) is 11.3 Å². The molecule has 0 radical (unpaired) electrons. The summed E-state index contributed by atoms with van der Waals surface area (Å²) >= 11 is 0. The second-order valence-electron chi connectivity index (χ2n) is 5.24. The van der Waals surface area contributed by atoms with Gasteiger partial charge in [-0.1, -0.05) is 6.92 Å². The minimum atomic E-state index is -3.42. The van der Waals surface area contributed by atoms with Crippen molar-refractivity contribution in [2.75, 3.05) is 12.3 Å². The van der Waals surface area contributed by atoms with Crippen LogP contribution in [-0.2, 0) is 32.7 Å². The quantitative estimate of drug-likeness (QED) is 0.658. The normalized spacial score (nSPS) is 18.6. The summed E-state index contributed by atoms with van der Waals surface area (Å²) in [5.41, 5.74) is 0.308. The van der Waals surface area contributed by atoms with Crippen LogP contribution in [0.15, 0.2) is 28.3 Å². The van der Waals surface area contributed by atoms with Crippen LogP contribution < -0.4 is 0 Å². The predicted octanol–water partition coefficient (Wildman–Crippen LogP) is -0.376. The first-order chi connectivity index (χ1) is 11.5. The summed E-state index contributed by atoms with van der Waals surface area (Å²) in [7, 11) is -3.42. The lowest BCUT2D eigenvalue weighted by Gasteiger charge is -2.26. The first-order valence-electron chi connectivity index (χ1n) is 7.40. The highest BCUT2D eigenvalue weighted by Gasteiger charge is 2.25. The summed E-state index contributed by atoms with van der Waals surface area (Å²) in [4.78, 5) is 13.8. The van der Waals surface area contributed by atoms with Gasteiger partial charge in [0, 0.05) is 19.3 Å². The molecule has 1 aromatic rings. The Morgan fingerprint density at radius 1 is 1.38 bits per heavy atom. The maximum atomic E-state index is 12.2. The van der Waals surface area contributed by atoms with E-state index in [1.54, 1.807) is 9.58 Å². The van der Waals surface area contributed by atoms with Crippen LogP contribution in [0, 0.1) is 0 Å². The minimum Gasteiger partial charge on any atom is -0.454 e. The molecule has 3 heterocycles. The number of esters is 1. The SMILES string of the molecule is CCCn1nnnc1COC(=O)C1=CN2CCS(=O)(=O)N=C2C=C1. The van der Waals surface area contributed by atoms with Gasteiger partial charge in [-0.25, -0.2) is 17.9 Å². The standard InChI is InChI=1S/C13H16N6O4S/c1-2-5-19-12(14-16-17-19)9-23-13(20)10-3-4-11-15-24(21,22)7-6-18(11)8-10/h3-4,8H,2,5-7,9H2,1H3. The van der Waals surface area contributed by atoms with E-state index in [0.717, 1.165) is 6.42 Å². The van der Waals surface area contributed by atoms with E-state index < -0.39 is 16.0 Å². The summed E-state index contributed by atoms with van der Waals surface area (Å²) < 4.78 is 33.4. The van der Waals surface area contributed by atoms with Crippen LogP contribution in [0.4, 0.5) is 0 Å². The van der Waals surface area contributed by atoms with E-state index in [2.05, 4.69) is 19.9 Å². The highest BCUT2D eigenvalue weighted by Crippen LogP contribution is 2.16. The zero-order valence-electron chi connectivity index (χ0n) is 13.0. The summed E-state index contributed by atoms with van der Waals surface area (Å²) in [6.07, 6.45) is 5.35. The molecule has 0 N–H and O–H groups in total. The van der Waals surface area contributed by atoms with E-state index in [-0.39, 0.29) is 18.9 Å². The lowest BCUT2D eigenvalue weighted by molar-refractivity contribution is -0.140. The first-order valence-corrected chi connectivity index (χ1v) is 9.01. The molecule has 0 aromatic carbocycles. The molecule has 128 valence electrons. The van der Waals surface area contributed by atoms with Crippen molar-refractivity contribution in [3.8, 4) is 0 Å². The van der Waals surface area contributed by atoms with Gasteiger partial charge in [0.25, 0.3) is 10.0 Å². The third-order valence-electron chi connectivity index (χ3n) is 3.43. The van der Waals surface area contributed by atoms with Crippen molar-refractivity contribution in [2.24, 2.45) is 4.40 Å². The van der Waals surface area contributed by atoms with Crippen LogP contribution in [0.5, 0.6) is 0 Å². The number of nitrogens with zero attached hydrogens (tertiary/aromatic N) is 6. The number of carbonyl (C=O) groups is 1. The van der Waals surface area contributed by atoms with Gasteiger partial charge in [-0.05, 0) is 29.0 Å². The van der Waals surface area contributed by atoms with Gasteiger partial charge < -0.3 is 9.64 Å². The molecule has 0 aliphatic carbocycles. The molecular formula is C13H16N6O4S. The number of hydrogen-bond acceptors (Lipinski definition) is 8. The van der Waals surface area contributed by atoms with E-state index in [1.165, 1.54) is 18.4 Å². The number of carbonyl (C=O) groups excluding carboxylic acids is 1. The van der Waals surface area contributed by atoms with Crippen LogP contribution >= 0.6 is 0 Å². The molecule has 0 unspecified atom stereocenters. The van der Waals surface area contributed by atoms with Crippen LogP contribution in [0.25, 0.3) is 0 Å². The molecule has 11 heteroatoms. The third-order valence-corrected chi connectivity index (χ3v) is 4.60. The fourth-order valence-electron chi connectivity index (χ4n) is 2.25. The number of sulfonamides is 1. The Morgan fingerprint density at radius 2 is 2.21 bits per heavy atom. The summed E-state index contributed by atoms with van der Waals surface area (Å²) in [6.45, 7) is 2.85. The Hall–Kier alpha value is -2.56. The fourth-order valence-corrected chi connectivity index (χ4v) is 3.22. The molecule has 1 aromatic heterocycles. The van der Waals surface area contributed by atoms with E-state index in [4.69, 9.17) is 4.74 Å². The summed E-state index contributed by atoms with van der Waals surface area (Å²) in [5, 5.41) is 11.2. The van der Waals surface area contributed by atoms with Crippen molar-refractivity contribution in [1.29, 1.82) is 0 Å². The molecule has 0 atom stereocenters. The van der Waals surface area contributed by atoms with E-state index >= 15 is 0 Å². The van der Waals surface area contributed by atoms with E-state index in [1.807, 2.05) is 6.92 Å². The molecule has 0 fully saturated rings. The Balaban J connectivity index is 1.65. The van der Waals surface area contributed by atoms with Gasteiger partial charge in [0.15, 0.2) is 12.4 Å². The molecule has 0 spiro atoms. The molecule has 2 aliphatic rings. The molecule has 24 heavy (non-hydrogen) atoms. The second kappa shape index (κ2) is 6.51. The van der Waals surface area contributed by atoms with Gasteiger partial charge >= 0.3 is 5.97 Å². The monoisotopic (exact) mass is 352 g/mol. The maximum Gasteiger partial charge on any atom is 0.340 e. The molecule has 3 rings (SSSR count). The summed E-state index contributed by atoms with van der Waals surface area (Å²) in [6, 6.07) is 0. The first kappa shape index (κ1) is 16.3.